The Bertz CT molecular complexity index is 1250. The Hall–Kier alpha value is -3.78. The highest BCUT2D eigenvalue weighted by Crippen LogP contribution is 2.39. The molecule has 1 fully saturated rings. The van der Waals surface area contributed by atoms with Crippen LogP contribution in [-0.4, -0.2) is 62.6 Å². The van der Waals surface area contributed by atoms with Crippen molar-refractivity contribution >= 4 is 17.4 Å². The molecule has 1 unspecified atom stereocenters. The minimum absolute atomic E-state index is 0.0168. The quantitative estimate of drug-likeness (QED) is 0.301. The first-order valence-electron chi connectivity index (χ1n) is 11.7. The van der Waals surface area contributed by atoms with Gasteiger partial charge < -0.3 is 14.9 Å². The molecule has 1 atom stereocenters. The lowest BCUT2D eigenvalue weighted by Crippen LogP contribution is -2.38. The van der Waals surface area contributed by atoms with Crippen LogP contribution in [0.15, 0.2) is 66.4 Å². The molecule has 2 heterocycles. The van der Waals surface area contributed by atoms with Gasteiger partial charge in [-0.2, -0.15) is 5.10 Å². The summed E-state index contributed by atoms with van der Waals surface area (Å²) < 4.78 is 15.3. The predicted octanol–water partition coefficient (Wildman–Crippen LogP) is 4.08. The van der Waals surface area contributed by atoms with E-state index in [0.717, 1.165) is 18.8 Å². The molecule has 2 aromatic carbocycles. The standard InChI is InChI=1S/C27H29FN4O3/c1-4-30(5-2)15-16-31-24(19-11-13-20(28)14-12-19)23(26(34)27(31)35)25(33)22-17-29-32(18(22)3)21-9-7-6-8-10-21/h6-14,17,24,33H,4-5,15-16H2,1-3H3. The number of hydrogen-bond donors (Lipinski definition) is 1. The van der Waals surface area contributed by atoms with E-state index in [1.54, 1.807) is 23.7 Å². The van der Waals surface area contributed by atoms with Gasteiger partial charge in [-0.05, 0) is 49.8 Å². The first-order chi connectivity index (χ1) is 16.9. The summed E-state index contributed by atoms with van der Waals surface area (Å²) in [6.45, 7) is 8.33. The number of carbonyl (C=O) groups excluding carboxylic acids is 2. The van der Waals surface area contributed by atoms with Gasteiger partial charge in [0.05, 0.1) is 34.8 Å². The maximum Gasteiger partial charge on any atom is 0.295 e. The molecule has 8 heteroatoms. The molecule has 1 aromatic heterocycles. The van der Waals surface area contributed by atoms with Crippen molar-refractivity contribution in [1.82, 2.24) is 19.6 Å². The fraction of sp³-hybridized carbons (Fsp3) is 0.296. The summed E-state index contributed by atoms with van der Waals surface area (Å²) in [5, 5.41) is 15.8. The number of nitrogens with zero attached hydrogens (tertiary/aromatic N) is 4. The molecule has 1 N–H and O–H groups in total. The van der Waals surface area contributed by atoms with E-state index in [2.05, 4.69) is 10.00 Å². The molecule has 182 valence electrons. The summed E-state index contributed by atoms with van der Waals surface area (Å²) in [4.78, 5) is 30.0. The number of likely N-dealkylation sites (tertiary alicyclic amines) is 1. The van der Waals surface area contributed by atoms with E-state index in [1.165, 1.54) is 23.2 Å². The summed E-state index contributed by atoms with van der Waals surface area (Å²) in [5.41, 5.74) is 2.33. The number of aromatic nitrogens is 2. The fourth-order valence-corrected chi connectivity index (χ4v) is 4.51. The van der Waals surface area contributed by atoms with Crippen molar-refractivity contribution in [3.05, 3.63) is 89.0 Å². The molecule has 1 saturated heterocycles. The highest BCUT2D eigenvalue weighted by molar-refractivity contribution is 6.46. The molecule has 0 bridgehead atoms. The van der Waals surface area contributed by atoms with E-state index in [4.69, 9.17) is 0 Å². The summed E-state index contributed by atoms with van der Waals surface area (Å²) in [6, 6.07) is 14.3. The molecule has 1 aliphatic rings. The molecule has 4 rings (SSSR count). The van der Waals surface area contributed by atoms with Crippen LogP contribution in [0.1, 0.15) is 36.7 Å². The number of ketones is 1. The molecular weight excluding hydrogens is 447 g/mol. The third-order valence-electron chi connectivity index (χ3n) is 6.54. The van der Waals surface area contributed by atoms with Crippen molar-refractivity contribution in [2.45, 2.75) is 26.8 Å². The van der Waals surface area contributed by atoms with Gasteiger partial charge in [-0.3, -0.25) is 9.59 Å². The Labute approximate surface area is 204 Å². The lowest BCUT2D eigenvalue weighted by Gasteiger charge is -2.28. The minimum atomic E-state index is -0.828. The number of aliphatic hydroxyl groups is 1. The SMILES string of the molecule is CCN(CC)CCN1C(=O)C(=O)C(=C(O)c2cnn(-c3ccccc3)c2C)C1c1ccc(F)cc1. The van der Waals surface area contributed by atoms with Crippen molar-refractivity contribution in [3.63, 3.8) is 0 Å². The fourth-order valence-electron chi connectivity index (χ4n) is 4.51. The van der Waals surface area contributed by atoms with Gasteiger partial charge in [-0.15, -0.1) is 0 Å². The largest absolute Gasteiger partial charge is 0.507 e. The van der Waals surface area contributed by atoms with Gasteiger partial charge in [0.25, 0.3) is 11.7 Å². The van der Waals surface area contributed by atoms with Gasteiger partial charge in [-0.25, -0.2) is 9.07 Å². The highest BCUT2D eigenvalue weighted by Gasteiger charge is 2.46. The maximum atomic E-state index is 13.7. The van der Waals surface area contributed by atoms with Crippen LogP contribution in [0, 0.1) is 12.7 Å². The number of amides is 1. The van der Waals surface area contributed by atoms with Gasteiger partial charge in [-0.1, -0.05) is 44.2 Å². The van der Waals surface area contributed by atoms with Crippen LogP contribution in [-0.2, 0) is 9.59 Å². The first-order valence-corrected chi connectivity index (χ1v) is 11.7. The van der Waals surface area contributed by atoms with Crippen LogP contribution in [0.2, 0.25) is 0 Å². The van der Waals surface area contributed by atoms with Crippen LogP contribution in [0.25, 0.3) is 11.4 Å². The van der Waals surface area contributed by atoms with Crippen LogP contribution in [0.5, 0.6) is 0 Å². The smallest absolute Gasteiger partial charge is 0.295 e. The van der Waals surface area contributed by atoms with E-state index in [0.29, 0.717) is 29.9 Å². The molecule has 0 spiro atoms. The summed E-state index contributed by atoms with van der Waals surface area (Å²) >= 11 is 0. The molecule has 7 nitrogen and oxygen atoms in total. The number of benzene rings is 2. The molecule has 0 aliphatic carbocycles. The number of halogens is 1. The molecular formula is C27H29FN4O3. The van der Waals surface area contributed by atoms with Crippen LogP contribution >= 0.6 is 0 Å². The zero-order valence-electron chi connectivity index (χ0n) is 20.1. The van der Waals surface area contributed by atoms with E-state index in [9.17, 15) is 19.1 Å². The zero-order chi connectivity index (χ0) is 25.1. The van der Waals surface area contributed by atoms with Crippen molar-refractivity contribution < 1.29 is 19.1 Å². The van der Waals surface area contributed by atoms with Gasteiger partial charge in [0, 0.05) is 13.1 Å². The second kappa shape index (κ2) is 10.2. The average molecular weight is 477 g/mol. The number of rotatable bonds is 8. The van der Waals surface area contributed by atoms with Gasteiger partial charge in [0.1, 0.15) is 11.6 Å². The van der Waals surface area contributed by atoms with Crippen LogP contribution in [0.4, 0.5) is 4.39 Å². The lowest BCUT2D eigenvalue weighted by molar-refractivity contribution is -0.140. The van der Waals surface area contributed by atoms with E-state index >= 15 is 0 Å². The Morgan fingerprint density at radius 3 is 2.34 bits per heavy atom. The number of para-hydroxylation sites is 1. The van der Waals surface area contributed by atoms with Gasteiger partial charge >= 0.3 is 0 Å². The van der Waals surface area contributed by atoms with Gasteiger partial charge in [0.2, 0.25) is 0 Å². The number of likely N-dealkylation sites (N-methyl/N-ethyl adjacent to an activating group) is 1. The number of carbonyl (C=O) groups is 2. The number of aliphatic hydroxyl groups excluding tert-OH is 1. The monoisotopic (exact) mass is 476 g/mol. The molecule has 35 heavy (non-hydrogen) atoms. The molecule has 3 aromatic rings. The Morgan fingerprint density at radius 1 is 1.06 bits per heavy atom. The van der Waals surface area contributed by atoms with Gasteiger partial charge in [0.15, 0.2) is 0 Å². The molecule has 0 saturated carbocycles. The topological polar surface area (TPSA) is 78.7 Å². The number of hydrogen-bond acceptors (Lipinski definition) is 5. The Morgan fingerprint density at radius 2 is 1.71 bits per heavy atom. The molecule has 1 aliphatic heterocycles. The summed E-state index contributed by atoms with van der Waals surface area (Å²) in [6.07, 6.45) is 1.49. The molecule has 1 amide bonds. The van der Waals surface area contributed by atoms with Crippen LogP contribution < -0.4 is 0 Å². The van der Waals surface area contributed by atoms with E-state index in [-0.39, 0.29) is 11.3 Å². The third kappa shape index (κ3) is 4.61. The second-order valence-electron chi connectivity index (χ2n) is 8.46. The second-order valence-corrected chi connectivity index (χ2v) is 8.46. The van der Waals surface area contributed by atoms with Crippen molar-refractivity contribution in [2.24, 2.45) is 0 Å². The minimum Gasteiger partial charge on any atom is -0.507 e. The van der Waals surface area contributed by atoms with E-state index < -0.39 is 23.5 Å². The third-order valence-corrected chi connectivity index (χ3v) is 6.54. The zero-order valence-corrected chi connectivity index (χ0v) is 20.1. The Kier molecular flexibility index (Phi) is 7.12. The highest BCUT2D eigenvalue weighted by atomic mass is 19.1. The lowest BCUT2D eigenvalue weighted by atomic mass is 9.95. The van der Waals surface area contributed by atoms with Crippen molar-refractivity contribution in [3.8, 4) is 5.69 Å². The number of Topliss-reactive ketones (excluding diaryl/α,β-unsaturated/α-hetero) is 1. The summed E-state index contributed by atoms with van der Waals surface area (Å²) in [7, 11) is 0. The van der Waals surface area contributed by atoms with Crippen LogP contribution in [0.3, 0.4) is 0 Å². The van der Waals surface area contributed by atoms with Crippen molar-refractivity contribution in [1.29, 1.82) is 0 Å². The average Bonchev–Trinajstić information content (AvgIpc) is 3.38. The normalized spacial score (nSPS) is 17.5. The summed E-state index contributed by atoms with van der Waals surface area (Å²) in [5.74, 6) is -2.15. The Balaban J connectivity index is 1.81. The first kappa shape index (κ1) is 24.3. The molecule has 0 radical (unpaired) electrons. The maximum absolute atomic E-state index is 13.7. The van der Waals surface area contributed by atoms with E-state index in [1.807, 2.05) is 44.2 Å². The van der Waals surface area contributed by atoms with Crippen molar-refractivity contribution in [2.75, 3.05) is 26.2 Å². The predicted molar refractivity (Wildman–Crippen MR) is 131 cm³/mol.